The summed E-state index contributed by atoms with van der Waals surface area (Å²) >= 11 is 5.62. The molecule has 0 N–H and O–H groups in total. The van der Waals surface area contributed by atoms with E-state index in [4.69, 9.17) is 11.6 Å². The first kappa shape index (κ1) is 13.7. The lowest BCUT2D eigenvalue weighted by atomic mass is 10.1. The lowest BCUT2D eigenvalue weighted by molar-refractivity contribution is -0.160. The Morgan fingerprint density at radius 3 is 2.21 bits per heavy atom. The molecule has 0 aromatic heterocycles. The zero-order chi connectivity index (χ0) is 14.2. The van der Waals surface area contributed by atoms with Gasteiger partial charge >= 0.3 is 18.1 Å². The van der Waals surface area contributed by atoms with E-state index in [0.29, 0.717) is 0 Å². The average Bonchev–Trinajstić information content (AvgIpc) is 2.25. The van der Waals surface area contributed by atoms with Crippen LogP contribution in [0, 0.1) is 0 Å². The first-order valence-electron chi connectivity index (χ1n) is 5.12. The van der Waals surface area contributed by atoms with E-state index in [2.05, 4.69) is 4.74 Å². The number of rotatable bonds is 1. The van der Waals surface area contributed by atoms with Gasteiger partial charge in [0.1, 0.15) is 13.1 Å². The smallest absolute Gasteiger partial charge is 0.390 e. The lowest BCUT2D eigenvalue weighted by Crippen LogP contribution is -2.43. The second-order valence-electron chi connectivity index (χ2n) is 3.90. The molecular formula is C11H7ClF3NO3. The number of hydrogen-bond acceptors (Lipinski definition) is 4. The fourth-order valence-electron chi connectivity index (χ4n) is 1.66. The molecule has 0 saturated carbocycles. The number of alkyl halides is 3. The number of benzene rings is 1. The molecule has 1 aliphatic heterocycles. The van der Waals surface area contributed by atoms with Crippen molar-refractivity contribution in [1.82, 2.24) is 0 Å². The van der Waals surface area contributed by atoms with Gasteiger partial charge in [0.15, 0.2) is 0 Å². The predicted octanol–water partition coefficient (Wildman–Crippen LogP) is 2.25. The topological polar surface area (TPSA) is 46.6 Å². The van der Waals surface area contributed by atoms with Gasteiger partial charge in [-0.05, 0) is 18.2 Å². The van der Waals surface area contributed by atoms with E-state index in [1.807, 2.05) is 0 Å². The number of halogens is 4. The Kier molecular flexibility index (Phi) is 3.40. The molecule has 0 aliphatic carbocycles. The van der Waals surface area contributed by atoms with Gasteiger partial charge in [0.05, 0.1) is 5.56 Å². The highest BCUT2D eigenvalue weighted by Gasteiger charge is 2.33. The second-order valence-corrected chi connectivity index (χ2v) is 4.33. The predicted molar refractivity (Wildman–Crippen MR) is 59.8 cm³/mol. The normalized spacial score (nSPS) is 16.5. The second kappa shape index (κ2) is 4.73. The number of carbonyl (C=O) groups excluding carboxylic acids is 2. The van der Waals surface area contributed by atoms with E-state index in [9.17, 15) is 22.8 Å². The van der Waals surface area contributed by atoms with Crippen molar-refractivity contribution in [3.05, 3.63) is 28.8 Å². The van der Waals surface area contributed by atoms with Crippen LogP contribution in [0.25, 0.3) is 0 Å². The SMILES string of the molecule is O=C1CN(c2cc(Cl)cc(C(F)(F)F)c2)CC(=O)O1. The number of anilines is 1. The van der Waals surface area contributed by atoms with Crippen molar-refractivity contribution in [2.24, 2.45) is 0 Å². The fourth-order valence-corrected chi connectivity index (χ4v) is 1.89. The highest BCUT2D eigenvalue weighted by molar-refractivity contribution is 6.31. The van der Waals surface area contributed by atoms with Crippen LogP contribution in [0.15, 0.2) is 18.2 Å². The van der Waals surface area contributed by atoms with Gasteiger partial charge in [-0.2, -0.15) is 13.2 Å². The number of ether oxygens (including phenoxy) is 1. The summed E-state index contributed by atoms with van der Waals surface area (Å²) in [6, 6.07) is 2.86. The van der Waals surface area contributed by atoms with E-state index in [1.54, 1.807) is 0 Å². The summed E-state index contributed by atoms with van der Waals surface area (Å²) < 4.78 is 42.2. The Hall–Kier alpha value is -1.76. The van der Waals surface area contributed by atoms with Crippen LogP contribution in [0.5, 0.6) is 0 Å². The lowest BCUT2D eigenvalue weighted by Gasteiger charge is -2.27. The van der Waals surface area contributed by atoms with Crippen LogP contribution in [0.3, 0.4) is 0 Å². The van der Waals surface area contributed by atoms with Gasteiger partial charge < -0.3 is 9.64 Å². The monoisotopic (exact) mass is 293 g/mol. The minimum atomic E-state index is -4.56. The molecule has 0 spiro atoms. The van der Waals surface area contributed by atoms with Crippen LogP contribution in [0.2, 0.25) is 5.02 Å². The third-order valence-corrected chi connectivity index (χ3v) is 2.66. The van der Waals surface area contributed by atoms with E-state index in [-0.39, 0.29) is 23.8 Å². The number of cyclic esters (lactones) is 2. The number of nitrogens with zero attached hydrogens (tertiary/aromatic N) is 1. The summed E-state index contributed by atoms with van der Waals surface area (Å²) in [5.74, 6) is -1.63. The zero-order valence-electron chi connectivity index (χ0n) is 9.33. The summed E-state index contributed by atoms with van der Waals surface area (Å²) in [7, 11) is 0. The van der Waals surface area contributed by atoms with Crippen molar-refractivity contribution in [3.8, 4) is 0 Å². The molecule has 0 bridgehead atoms. The molecule has 0 atom stereocenters. The molecule has 0 unspecified atom stereocenters. The molecule has 1 aromatic carbocycles. The van der Waals surface area contributed by atoms with E-state index in [0.717, 1.165) is 12.1 Å². The van der Waals surface area contributed by atoms with Crippen molar-refractivity contribution in [2.45, 2.75) is 6.18 Å². The molecule has 2 rings (SSSR count). The number of esters is 2. The minimum absolute atomic E-state index is 0.0461. The van der Waals surface area contributed by atoms with Crippen molar-refractivity contribution >= 4 is 29.2 Å². The molecule has 4 nitrogen and oxygen atoms in total. The van der Waals surface area contributed by atoms with Gasteiger partial charge in [-0.25, -0.2) is 9.59 Å². The maximum Gasteiger partial charge on any atom is 0.416 e. The summed E-state index contributed by atoms with van der Waals surface area (Å²) in [4.78, 5) is 23.3. The van der Waals surface area contributed by atoms with Gasteiger partial charge in [-0.15, -0.1) is 0 Å². The summed E-state index contributed by atoms with van der Waals surface area (Å²) in [5.41, 5.74) is -0.897. The number of hydrogen-bond donors (Lipinski definition) is 0. The van der Waals surface area contributed by atoms with Crippen LogP contribution < -0.4 is 4.90 Å². The summed E-state index contributed by atoms with van der Waals surface area (Å²) in [6.07, 6.45) is -4.56. The summed E-state index contributed by atoms with van der Waals surface area (Å²) in [6.45, 7) is -0.604. The average molecular weight is 294 g/mol. The van der Waals surface area contributed by atoms with Crippen molar-refractivity contribution < 1.29 is 27.5 Å². The van der Waals surface area contributed by atoms with E-state index >= 15 is 0 Å². The molecule has 1 aromatic rings. The summed E-state index contributed by atoms with van der Waals surface area (Å²) in [5, 5.41) is -0.129. The van der Waals surface area contributed by atoms with Crippen molar-refractivity contribution in [1.29, 1.82) is 0 Å². The van der Waals surface area contributed by atoms with Crippen molar-refractivity contribution in [3.63, 3.8) is 0 Å². The molecule has 0 radical (unpaired) electrons. The van der Waals surface area contributed by atoms with Gasteiger partial charge in [0.2, 0.25) is 0 Å². The van der Waals surface area contributed by atoms with Gasteiger partial charge in [0.25, 0.3) is 0 Å². The molecule has 102 valence electrons. The van der Waals surface area contributed by atoms with Crippen LogP contribution in [0.1, 0.15) is 5.56 Å². The maximum absolute atomic E-state index is 12.6. The number of morpholine rings is 1. The Morgan fingerprint density at radius 2 is 1.68 bits per heavy atom. The Bertz CT molecular complexity index is 528. The molecular weight excluding hydrogens is 287 g/mol. The molecule has 1 heterocycles. The van der Waals surface area contributed by atoms with E-state index < -0.39 is 23.7 Å². The highest BCUT2D eigenvalue weighted by atomic mass is 35.5. The Balaban J connectivity index is 2.37. The standard InChI is InChI=1S/C11H7ClF3NO3/c12-7-1-6(11(13,14)15)2-8(3-7)16-4-9(17)19-10(18)5-16/h1-3H,4-5H2. The van der Waals surface area contributed by atoms with Gasteiger partial charge in [0, 0.05) is 10.7 Å². The third-order valence-electron chi connectivity index (χ3n) is 2.44. The van der Waals surface area contributed by atoms with Crippen LogP contribution >= 0.6 is 11.6 Å². The van der Waals surface area contributed by atoms with Crippen molar-refractivity contribution in [2.75, 3.05) is 18.0 Å². The molecule has 8 heteroatoms. The molecule has 1 fully saturated rings. The maximum atomic E-state index is 12.6. The minimum Gasteiger partial charge on any atom is -0.390 e. The van der Waals surface area contributed by atoms with Crippen LogP contribution in [-0.2, 0) is 20.5 Å². The van der Waals surface area contributed by atoms with E-state index in [1.165, 1.54) is 11.0 Å². The number of carbonyl (C=O) groups is 2. The zero-order valence-corrected chi connectivity index (χ0v) is 10.1. The Labute approximate surface area is 110 Å². The van der Waals surface area contributed by atoms with Gasteiger partial charge in [-0.1, -0.05) is 11.6 Å². The molecule has 19 heavy (non-hydrogen) atoms. The molecule has 1 aliphatic rings. The third kappa shape index (κ3) is 3.17. The highest BCUT2D eigenvalue weighted by Crippen LogP contribution is 2.34. The van der Waals surface area contributed by atoms with Gasteiger partial charge in [-0.3, -0.25) is 0 Å². The first-order chi connectivity index (χ1) is 8.75. The largest absolute Gasteiger partial charge is 0.416 e. The molecule has 1 saturated heterocycles. The van der Waals surface area contributed by atoms with Crippen LogP contribution in [-0.4, -0.2) is 25.0 Å². The Morgan fingerprint density at radius 1 is 1.11 bits per heavy atom. The van der Waals surface area contributed by atoms with Crippen LogP contribution in [0.4, 0.5) is 18.9 Å². The molecule has 0 amide bonds. The first-order valence-corrected chi connectivity index (χ1v) is 5.50. The fraction of sp³-hybridized carbons (Fsp3) is 0.273. The quantitative estimate of drug-likeness (QED) is 0.588.